The number of nitrogens with one attached hydrogen (secondary N) is 2. The van der Waals surface area contributed by atoms with Gasteiger partial charge in [-0.1, -0.05) is 0 Å². The van der Waals surface area contributed by atoms with Gasteiger partial charge in [0.1, 0.15) is 0 Å². The van der Waals surface area contributed by atoms with E-state index < -0.39 is 0 Å². The van der Waals surface area contributed by atoms with E-state index in [1.54, 1.807) is 10.9 Å². The first kappa shape index (κ1) is 14.4. The Balaban J connectivity index is 0.00000147. The molecule has 1 aromatic heterocycles. The highest BCUT2D eigenvalue weighted by Crippen LogP contribution is 2.22. The smallest absolute Gasteiger partial charge is 0.251 e. The molecule has 0 fully saturated rings. The van der Waals surface area contributed by atoms with Crippen molar-refractivity contribution >= 4 is 24.0 Å². The molecule has 2 heterocycles. The van der Waals surface area contributed by atoms with Crippen molar-refractivity contribution in [2.45, 2.75) is 13.0 Å². The van der Waals surface area contributed by atoms with E-state index >= 15 is 0 Å². The summed E-state index contributed by atoms with van der Waals surface area (Å²) in [5.41, 5.74) is 3.09. The molecule has 0 saturated carbocycles. The molecule has 1 aliphatic rings. The average molecular weight is 293 g/mol. The Morgan fingerprint density at radius 3 is 3.15 bits per heavy atom. The number of rotatable bonds is 4. The van der Waals surface area contributed by atoms with Gasteiger partial charge in [-0.2, -0.15) is 5.10 Å². The summed E-state index contributed by atoms with van der Waals surface area (Å²) < 4.78 is 1.80. The van der Waals surface area contributed by atoms with Crippen LogP contribution in [-0.2, 0) is 13.0 Å². The summed E-state index contributed by atoms with van der Waals surface area (Å²) in [6.45, 7) is 2.22. The molecule has 3 rings (SSSR count). The third kappa shape index (κ3) is 3.11. The lowest BCUT2D eigenvalue weighted by molar-refractivity contribution is 0.0952. The van der Waals surface area contributed by atoms with E-state index in [1.165, 1.54) is 5.56 Å². The van der Waals surface area contributed by atoms with Crippen molar-refractivity contribution in [2.75, 3.05) is 18.4 Å². The summed E-state index contributed by atoms with van der Waals surface area (Å²) in [5, 5.41) is 10.3. The van der Waals surface area contributed by atoms with E-state index in [1.807, 2.05) is 30.5 Å². The van der Waals surface area contributed by atoms with Gasteiger partial charge in [0.2, 0.25) is 0 Å². The molecule has 0 spiro atoms. The zero-order chi connectivity index (χ0) is 13.1. The van der Waals surface area contributed by atoms with Crippen LogP contribution in [0.3, 0.4) is 0 Å². The second-order valence-corrected chi connectivity index (χ2v) is 4.57. The third-order valence-corrected chi connectivity index (χ3v) is 3.26. The fourth-order valence-corrected chi connectivity index (χ4v) is 2.26. The molecule has 0 aliphatic carbocycles. The minimum absolute atomic E-state index is 0. The summed E-state index contributed by atoms with van der Waals surface area (Å²) in [6, 6.07) is 7.68. The lowest BCUT2D eigenvalue weighted by Crippen LogP contribution is -2.27. The molecule has 2 N–H and O–H groups in total. The number of halogens is 1. The Morgan fingerprint density at radius 1 is 1.45 bits per heavy atom. The summed E-state index contributed by atoms with van der Waals surface area (Å²) in [5.74, 6) is -0.0261. The zero-order valence-corrected chi connectivity index (χ0v) is 11.8. The molecule has 0 unspecified atom stereocenters. The summed E-state index contributed by atoms with van der Waals surface area (Å²) in [4.78, 5) is 12.0. The predicted octanol–water partition coefficient (Wildman–Crippen LogP) is 1.70. The van der Waals surface area contributed by atoms with Gasteiger partial charge in [-0.25, -0.2) is 0 Å². The fourth-order valence-electron chi connectivity index (χ4n) is 2.26. The number of carbonyl (C=O) groups is 1. The van der Waals surface area contributed by atoms with Crippen LogP contribution in [0.2, 0.25) is 0 Å². The molecule has 1 amide bonds. The summed E-state index contributed by atoms with van der Waals surface area (Å²) in [7, 11) is 0. The van der Waals surface area contributed by atoms with Crippen LogP contribution in [0.1, 0.15) is 15.9 Å². The molecule has 2 aromatic rings. The van der Waals surface area contributed by atoms with Crippen LogP contribution >= 0.6 is 12.4 Å². The van der Waals surface area contributed by atoms with Crippen molar-refractivity contribution in [2.24, 2.45) is 0 Å². The van der Waals surface area contributed by atoms with Gasteiger partial charge in [0.05, 0.1) is 6.54 Å². The maximum Gasteiger partial charge on any atom is 0.251 e. The number of anilines is 1. The molecule has 0 bridgehead atoms. The highest BCUT2D eigenvalue weighted by Gasteiger charge is 2.12. The van der Waals surface area contributed by atoms with Gasteiger partial charge in [0.15, 0.2) is 0 Å². The number of nitrogens with zero attached hydrogens (tertiary/aromatic N) is 2. The van der Waals surface area contributed by atoms with Crippen LogP contribution in [0, 0.1) is 0 Å². The molecule has 0 radical (unpaired) electrons. The van der Waals surface area contributed by atoms with Gasteiger partial charge in [0.25, 0.3) is 5.91 Å². The number of fused-ring (bicyclic) bond motifs is 1. The van der Waals surface area contributed by atoms with Crippen LogP contribution in [0.4, 0.5) is 5.69 Å². The van der Waals surface area contributed by atoms with Crippen molar-refractivity contribution in [3.8, 4) is 0 Å². The Hall–Kier alpha value is -2.01. The van der Waals surface area contributed by atoms with E-state index in [0.29, 0.717) is 13.1 Å². The Morgan fingerprint density at radius 2 is 2.35 bits per heavy atom. The van der Waals surface area contributed by atoms with Crippen LogP contribution in [0.25, 0.3) is 0 Å². The van der Waals surface area contributed by atoms with Crippen molar-refractivity contribution in [3.05, 3.63) is 47.8 Å². The topological polar surface area (TPSA) is 59.0 Å². The summed E-state index contributed by atoms with van der Waals surface area (Å²) >= 11 is 0. The Kier molecular flexibility index (Phi) is 4.63. The summed E-state index contributed by atoms with van der Waals surface area (Å²) in [6.07, 6.45) is 4.60. The molecule has 6 heteroatoms. The van der Waals surface area contributed by atoms with E-state index in [2.05, 4.69) is 15.7 Å². The number of hydrogen-bond donors (Lipinski definition) is 2. The van der Waals surface area contributed by atoms with Gasteiger partial charge in [0, 0.05) is 36.7 Å². The van der Waals surface area contributed by atoms with E-state index in [9.17, 15) is 4.79 Å². The first-order valence-corrected chi connectivity index (χ1v) is 6.45. The fraction of sp³-hybridized carbons (Fsp3) is 0.286. The zero-order valence-electron chi connectivity index (χ0n) is 11.0. The maximum absolute atomic E-state index is 12.0. The first-order valence-electron chi connectivity index (χ1n) is 6.45. The molecule has 1 aromatic carbocycles. The molecule has 0 atom stereocenters. The maximum atomic E-state index is 12.0. The lowest BCUT2D eigenvalue weighted by Gasteiger charge is -2.07. The Bertz CT molecular complexity index is 583. The highest BCUT2D eigenvalue weighted by atomic mass is 35.5. The van der Waals surface area contributed by atoms with Gasteiger partial charge >= 0.3 is 0 Å². The highest BCUT2D eigenvalue weighted by molar-refractivity contribution is 5.95. The third-order valence-electron chi connectivity index (χ3n) is 3.26. The van der Waals surface area contributed by atoms with Crippen LogP contribution < -0.4 is 10.6 Å². The number of carbonyl (C=O) groups excluding carboxylic acids is 1. The first-order chi connectivity index (χ1) is 9.33. The second kappa shape index (κ2) is 6.43. The standard InChI is InChI=1S/C14H16N4O.ClH/c19-14(16-7-9-18-8-1-5-17-18)12-2-3-13-11(10-12)4-6-15-13;/h1-3,5,8,10,15H,4,6-7,9H2,(H,16,19);1H. The van der Waals surface area contributed by atoms with Crippen LogP contribution in [0.5, 0.6) is 0 Å². The quantitative estimate of drug-likeness (QED) is 0.902. The van der Waals surface area contributed by atoms with Gasteiger partial charge in [-0.15, -0.1) is 12.4 Å². The number of amides is 1. The molecule has 0 saturated heterocycles. The normalized spacial score (nSPS) is 12.2. The second-order valence-electron chi connectivity index (χ2n) is 4.57. The van der Waals surface area contributed by atoms with E-state index in [-0.39, 0.29) is 18.3 Å². The monoisotopic (exact) mass is 292 g/mol. The van der Waals surface area contributed by atoms with Crippen molar-refractivity contribution in [1.82, 2.24) is 15.1 Å². The largest absolute Gasteiger partial charge is 0.384 e. The minimum atomic E-state index is -0.0261. The van der Waals surface area contributed by atoms with Crippen LogP contribution in [0.15, 0.2) is 36.7 Å². The minimum Gasteiger partial charge on any atom is -0.384 e. The van der Waals surface area contributed by atoms with E-state index in [4.69, 9.17) is 0 Å². The molecule has 20 heavy (non-hydrogen) atoms. The Labute approximate surface area is 123 Å². The molecule has 1 aliphatic heterocycles. The van der Waals surface area contributed by atoms with Crippen molar-refractivity contribution in [3.63, 3.8) is 0 Å². The number of hydrogen-bond acceptors (Lipinski definition) is 3. The molecule has 106 valence electrons. The van der Waals surface area contributed by atoms with Gasteiger partial charge < -0.3 is 10.6 Å². The van der Waals surface area contributed by atoms with Gasteiger partial charge in [-0.3, -0.25) is 9.48 Å². The van der Waals surface area contributed by atoms with Crippen molar-refractivity contribution in [1.29, 1.82) is 0 Å². The number of aromatic nitrogens is 2. The SMILES string of the molecule is Cl.O=C(NCCn1cccn1)c1ccc2c(c1)CCN2. The molecular weight excluding hydrogens is 276 g/mol. The average Bonchev–Trinajstić information content (AvgIpc) is 3.08. The molecule has 5 nitrogen and oxygen atoms in total. The lowest BCUT2D eigenvalue weighted by atomic mass is 10.1. The number of benzene rings is 1. The van der Waals surface area contributed by atoms with E-state index in [0.717, 1.165) is 24.2 Å². The van der Waals surface area contributed by atoms with Crippen LogP contribution in [-0.4, -0.2) is 28.8 Å². The van der Waals surface area contributed by atoms with Crippen molar-refractivity contribution < 1.29 is 4.79 Å². The molecular formula is C14H17ClN4O. The predicted molar refractivity (Wildman–Crippen MR) is 80.4 cm³/mol. The van der Waals surface area contributed by atoms with Gasteiger partial charge in [-0.05, 0) is 36.2 Å².